The van der Waals surface area contributed by atoms with Crippen molar-refractivity contribution in [2.45, 2.75) is 6.10 Å². The van der Waals surface area contributed by atoms with Crippen molar-refractivity contribution in [3.8, 4) is 5.75 Å². The number of hydrogen-bond donors (Lipinski definition) is 1. The third-order valence-electron chi connectivity index (χ3n) is 4.75. The van der Waals surface area contributed by atoms with Gasteiger partial charge in [0.25, 0.3) is 5.91 Å². The van der Waals surface area contributed by atoms with Crippen molar-refractivity contribution in [3.63, 3.8) is 0 Å². The highest BCUT2D eigenvalue weighted by molar-refractivity contribution is 7.21. The molecule has 0 fully saturated rings. The first-order valence-electron chi connectivity index (χ1n) is 9.96. The van der Waals surface area contributed by atoms with E-state index in [1.54, 1.807) is 36.4 Å². The average Bonchev–Trinajstić information content (AvgIpc) is 3.17. The van der Waals surface area contributed by atoms with Gasteiger partial charge >= 0.3 is 5.97 Å². The van der Waals surface area contributed by atoms with Gasteiger partial charge in [0.05, 0.1) is 11.2 Å². The number of amides is 1. The van der Waals surface area contributed by atoms with Crippen molar-refractivity contribution in [1.29, 1.82) is 0 Å². The molecule has 0 spiro atoms. The second-order valence-electron chi connectivity index (χ2n) is 6.96. The highest BCUT2D eigenvalue weighted by Crippen LogP contribution is 2.35. The topological polar surface area (TPSA) is 77.0 Å². The average molecular weight is 479 g/mol. The number of esters is 1. The number of hydrogen-bond acceptors (Lipinski definition) is 6. The van der Waals surface area contributed by atoms with Gasteiger partial charge in [-0.1, -0.05) is 72.3 Å². The van der Waals surface area contributed by atoms with E-state index in [1.165, 1.54) is 24.7 Å². The van der Waals surface area contributed by atoms with Crippen LogP contribution in [-0.4, -0.2) is 25.2 Å². The Morgan fingerprint density at radius 2 is 1.79 bits per heavy atom. The van der Waals surface area contributed by atoms with Crippen LogP contribution in [0.5, 0.6) is 5.75 Å². The zero-order chi connectivity index (χ0) is 23.2. The minimum atomic E-state index is -0.776. The third kappa shape index (κ3) is 5.28. The Hall–Kier alpha value is -3.52. The van der Waals surface area contributed by atoms with Crippen molar-refractivity contribution >= 4 is 51.1 Å². The minimum Gasteiger partial charge on any atom is -0.422 e. The lowest BCUT2D eigenvalue weighted by molar-refractivity contribution is -0.131. The first-order chi connectivity index (χ1) is 16.1. The predicted octanol–water partition coefficient (Wildman–Crippen LogP) is 5.61. The van der Waals surface area contributed by atoms with E-state index in [9.17, 15) is 9.59 Å². The monoisotopic (exact) mass is 478 g/mol. The molecule has 0 bridgehead atoms. The number of thiophene rings is 1. The standard InChI is InChI=1S/C25H19ClN2O4S/c1-31-22(17-9-3-2-4-10-17)24(29)28-27-15-16-8-7-11-18(14-16)32-25(30)23-21(26)19-12-5-6-13-20(19)33-23/h2-15,22H,1H3,(H,28,29). The minimum absolute atomic E-state index is 0.336. The van der Waals surface area contributed by atoms with E-state index in [1.807, 2.05) is 42.5 Å². The van der Waals surface area contributed by atoms with Crippen LogP contribution >= 0.6 is 22.9 Å². The maximum atomic E-state index is 12.7. The quantitative estimate of drug-likeness (QED) is 0.162. The fourth-order valence-electron chi connectivity index (χ4n) is 3.21. The second kappa shape index (κ2) is 10.4. The smallest absolute Gasteiger partial charge is 0.355 e. The summed E-state index contributed by atoms with van der Waals surface area (Å²) >= 11 is 7.65. The Morgan fingerprint density at radius 1 is 1.03 bits per heavy atom. The number of carbonyl (C=O) groups is 2. The molecular formula is C25H19ClN2O4S. The molecule has 0 aliphatic rings. The van der Waals surface area contributed by atoms with Crippen LogP contribution in [0.2, 0.25) is 5.02 Å². The van der Waals surface area contributed by atoms with Gasteiger partial charge in [-0.15, -0.1) is 11.3 Å². The van der Waals surface area contributed by atoms with Gasteiger partial charge in [-0.05, 0) is 29.3 Å². The number of hydrazone groups is 1. The van der Waals surface area contributed by atoms with E-state index in [0.29, 0.717) is 21.2 Å². The third-order valence-corrected chi connectivity index (χ3v) is 6.41. The molecule has 1 atom stereocenters. The van der Waals surface area contributed by atoms with Gasteiger partial charge in [-0.25, -0.2) is 10.2 Å². The lowest BCUT2D eigenvalue weighted by atomic mass is 10.1. The molecule has 8 heteroatoms. The predicted molar refractivity (Wildman–Crippen MR) is 130 cm³/mol. The lowest BCUT2D eigenvalue weighted by Gasteiger charge is -2.13. The fraction of sp³-hybridized carbons (Fsp3) is 0.0800. The number of nitrogens with one attached hydrogen (secondary N) is 1. The SMILES string of the molecule is COC(C(=O)NN=Cc1cccc(OC(=O)c2sc3ccccc3c2Cl)c1)c1ccccc1. The maximum Gasteiger partial charge on any atom is 0.355 e. The molecule has 6 nitrogen and oxygen atoms in total. The number of ether oxygens (including phenoxy) is 2. The number of methoxy groups -OCH3 is 1. The molecular weight excluding hydrogens is 460 g/mol. The second-order valence-corrected chi connectivity index (χ2v) is 8.39. The first kappa shape index (κ1) is 22.7. The molecule has 1 aromatic heterocycles. The summed E-state index contributed by atoms with van der Waals surface area (Å²) in [6.07, 6.45) is 0.681. The molecule has 0 aliphatic carbocycles. The largest absolute Gasteiger partial charge is 0.422 e. The molecule has 4 aromatic rings. The van der Waals surface area contributed by atoms with Crippen molar-refractivity contribution in [2.24, 2.45) is 5.10 Å². The zero-order valence-corrected chi connectivity index (χ0v) is 19.1. The molecule has 4 rings (SSSR count). The molecule has 1 amide bonds. The van der Waals surface area contributed by atoms with Gasteiger partial charge in [0, 0.05) is 17.2 Å². The Kier molecular flexibility index (Phi) is 7.14. The summed E-state index contributed by atoms with van der Waals surface area (Å²) < 4.78 is 11.7. The van der Waals surface area contributed by atoms with Crippen LogP contribution < -0.4 is 10.2 Å². The molecule has 0 saturated carbocycles. The number of nitrogens with zero attached hydrogens (tertiary/aromatic N) is 1. The van der Waals surface area contributed by atoms with Crippen LogP contribution in [-0.2, 0) is 9.53 Å². The molecule has 3 aromatic carbocycles. The van der Waals surface area contributed by atoms with Crippen LogP contribution in [0.15, 0.2) is 84.0 Å². The molecule has 0 saturated heterocycles. The summed E-state index contributed by atoms with van der Waals surface area (Å²) in [6.45, 7) is 0. The van der Waals surface area contributed by atoms with E-state index in [4.69, 9.17) is 21.1 Å². The van der Waals surface area contributed by atoms with E-state index >= 15 is 0 Å². The van der Waals surface area contributed by atoms with E-state index in [-0.39, 0.29) is 0 Å². The molecule has 0 radical (unpaired) electrons. The van der Waals surface area contributed by atoms with Crippen LogP contribution in [0.4, 0.5) is 0 Å². The number of halogens is 1. The summed E-state index contributed by atoms with van der Waals surface area (Å²) in [7, 11) is 1.46. The van der Waals surface area contributed by atoms with Crippen LogP contribution in [0.25, 0.3) is 10.1 Å². The molecule has 166 valence electrons. The Bertz CT molecular complexity index is 1320. The van der Waals surface area contributed by atoms with Gasteiger partial charge in [0.2, 0.25) is 0 Å². The van der Waals surface area contributed by atoms with Crippen molar-refractivity contribution in [1.82, 2.24) is 5.43 Å². The van der Waals surface area contributed by atoms with E-state index in [0.717, 1.165) is 15.6 Å². The lowest BCUT2D eigenvalue weighted by Crippen LogP contribution is -2.26. The highest BCUT2D eigenvalue weighted by Gasteiger charge is 2.20. The van der Waals surface area contributed by atoms with Gasteiger partial charge in [0.15, 0.2) is 6.10 Å². The molecule has 33 heavy (non-hydrogen) atoms. The van der Waals surface area contributed by atoms with Gasteiger partial charge < -0.3 is 9.47 Å². The van der Waals surface area contributed by atoms with E-state index in [2.05, 4.69) is 10.5 Å². The number of carbonyl (C=O) groups excluding carboxylic acids is 2. The molecule has 0 aliphatic heterocycles. The summed E-state index contributed by atoms with van der Waals surface area (Å²) in [4.78, 5) is 25.4. The summed E-state index contributed by atoms with van der Waals surface area (Å²) in [5, 5.41) is 5.19. The van der Waals surface area contributed by atoms with Crippen LogP contribution in [0, 0.1) is 0 Å². The zero-order valence-electron chi connectivity index (χ0n) is 17.5. The van der Waals surface area contributed by atoms with Gasteiger partial charge in [-0.3, -0.25) is 4.79 Å². The normalized spacial score (nSPS) is 12.1. The van der Waals surface area contributed by atoms with Crippen molar-refractivity contribution in [2.75, 3.05) is 7.11 Å². The summed E-state index contributed by atoms with van der Waals surface area (Å²) in [5.41, 5.74) is 3.83. The Morgan fingerprint density at radius 3 is 2.55 bits per heavy atom. The first-order valence-corrected chi connectivity index (χ1v) is 11.2. The molecule has 1 unspecified atom stereocenters. The van der Waals surface area contributed by atoms with Gasteiger partial charge in [-0.2, -0.15) is 5.10 Å². The highest BCUT2D eigenvalue weighted by atomic mass is 35.5. The fourth-order valence-corrected chi connectivity index (χ4v) is 4.59. The van der Waals surface area contributed by atoms with Crippen molar-refractivity contribution in [3.05, 3.63) is 99.9 Å². The maximum absolute atomic E-state index is 12.7. The van der Waals surface area contributed by atoms with E-state index < -0.39 is 18.0 Å². The molecule has 1 heterocycles. The Balaban J connectivity index is 1.42. The summed E-state index contributed by atoms with van der Waals surface area (Å²) in [5.74, 6) is -0.598. The van der Waals surface area contributed by atoms with Gasteiger partial charge in [0.1, 0.15) is 10.6 Å². The number of benzene rings is 3. The summed E-state index contributed by atoms with van der Waals surface area (Å²) in [6, 6.07) is 23.4. The molecule has 1 N–H and O–H groups in total. The van der Waals surface area contributed by atoms with Crippen LogP contribution in [0.3, 0.4) is 0 Å². The Labute approximate surface area is 199 Å². The number of rotatable bonds is 7. The van der Waals surface area contributed by atoms with Crippen LogP contribution in [0.1, 0.15) is 26.9 Å². The number of fused-ring (bicyclic) bond motifs is 1. The van der Waals surface area contributed by atoms with Crippen molar-refractivity contribution < 1.29 is 19.1 Å².